The highest BCUT2D eigenvalue weighted by atomic mass is 15.0. The molecule has 4 aliphatic carbocycles. The van der Waals surface area contributed by atoms with E-state index >= 15 is 0 Å². The van der Waals surface area contributed by atoms with Crippen LogP contribution in [0.3, 0.4) is 0 Å². The van der Waals surface area contributed by atoms with Crippen molar-refractivity contribution >= 4 is 0 Å². The van der Waals surface area contributed by atoms with Crippen molar-refractivity contribution in [2.45, 2.75) is 71.3 Å². The molecule has 1 heteroatoms. The van der Waals surface area contributed by atoms with Gasteiger partial charge >= 0.3 is 0 Å². The minimum absolute atomic E-state index is 0.337. The van der Waals surface area contributed by atoms with Gasteiger partial charge in [-0.15, -0.1) is 0 Å². The molecule has 0 unspecified atom stereocenters. The Balaban J connectivity index is 1.66. The van der Waals surface area contributed by atoms with E-state index in [2.05, 4.69) is 26.1 Å². The summed E-state index contributed by atoms with van der Waals surface area (Å²) in [7, 11) is 0. The normalized spacial score (nSPS) is 44.3. The van der Waals surface area contributed by atoms with Crippen LogP contribution in [0.4, 0.5) is 0 Å². The summed E-state index contributed by atoms with van der Waals surface area (Å²) in [5.74, 6) is 3.27. The summed E-state index contributed by atoms with van der Waals surface area (Å²) < 4.78 is 0. The molecule has 0 atom stereocenters. The van der Waals surface area contributed by atoms with Crippen molar-refractivity contribution in [1.29, 1.82) is 0 Å². The van der Waals surface area contributed by atoms with E-state index in [9.17, 15) is 0 Å². The second-order valence-electron chi connectivity index (χ2n) is 8.01. The minimum Gasteiger partial charge on any atom is -0.311 e. The lowest BCUT2D eigenvalue weighted by atomic mass is 9.49. The predicted octanol–water partition coefficient (Wildman–Crippen LogP) is 3.98. The highest BCUT2D eigenvalue weighted by Crippen LogP contribution is 2.59. The van der Waals surface area contributed by atoms with Gasteiger partial charge in [-0.1, -0.05) is 6.92 Å². The zero-order valence-electron chi connectivity index (χ0n) is 11.9. The molecular formula is C16H29N. The summed E-state index contributed by atoms with van der Waals surface area (Å²) in [5, 5.41) is 3.87. The standard InChI is InChI=1S/C16H29N/c1-4-15(2,3)17-11-16-8-12-5-13(9-16)7-14(6-12)10-16/h12-14,17H,4-11H2,1-3H3. The third-order valence-electron chi connectivity index (χ3n) is 5.99. The molecule has 4 fully saturated rings. The Hall–Kier alpha value is -0.0400. The molecule has 0 saturated heterocycles. The first-order valence-corrected chi connectivity index (χ1v) is 7.75. The molecule has 98 valence electrons. The first-order chi connectivity index (χ1) is 8.00. The van der Waals surface area contributed by atoms with E-state index in [4.69, 9.17) is 0 Å². The summed E-state index contributed by atoms with van der Waals surface area (Å²) in [6.45, 7) is 8.30. The molecule has 17 heavy (non-hydrogen) atoms. The molecule has 1 nitrogen and oxygen atoms in total. The van der Waals surface area contributed by atoms with Crippen LogP contribution in [0.1, 0.15) is 65.7 Å². The third kappa shape index (κ3) is 2.28. The lowest BCUT2D eigenvalue weighted by Crippen LogP contribution is -2.53. The van der Waals surface area contributed by atoms with Crippen molar-refractivity contribution in [2.75, 3.05) is 6.54 Å². The highest BCUT2D eigenvalue weighted by molar-refractivity contribution is 5.02. The molecule has 1 N–H and O–H groups in total. The Labute approximate surface area is 107 Å². The van der Waals surface area contributed by atoms with Crippen LogP contribution in [0, 0.1) is 23.2 Å². The lowest BCUT2D eigenvalue weighted by Gasteiger charge is -2.57. The fourth-order valence-corrected chi connectivity index (χ4v) is 5.06. The van der Waals surface area contributed by atoms with Crippen LogP contribution in [0.15, 0.2) is 0 Å². The Morgan fingerprint density at radius 2 is 1.47 bits per heavy atom. The predicted molar refractivity (Wildman–Crippen MR) is 73.0 cm³/mol. The maximum absolute atomic E-state index is 3.87. The Bertz CT molecular complexity index is 257. The molecular weight excluding hydrogens is 206 g/mol. The molecule has 0 heterocycles. The quantitative estimate of drug-likeness (QED) is 0.777. The molecule has 4 rings (SSSR count). The van der Waals surface area contributed by atoms with Crippen LogP contribution in [0.25, 0.3) is 0 Å². The molecule has 0 spiro atoms. The van der Waals surface area contributed by atoms with Gasteiger partial charge in [-0.25, -0.2) is 0 Å². The molecule has 0 amide bonds. The Kier molecular flexibility index (Phi) is 2.81. The minimum atomic E-state index is 0.337. The van der Waals surface area contributed by atoms with Crippen LogP contribution in [0.5, 0.6) is 0 Å². The molecule has 0 aromatic heterocycles. The summed E-state index contributed by atoms with van der Waals surface area (Å²) in [6, 6.07) is 0. The van der Waals surface area contributed by atoms with Gasteiger partial charge in [-0.05, 0) is 82.0 Å². The Morgan fingerprint density at radius 1 is 1.00 bits per heavy atom. The van der Waals surface area contributed by atoms with Gasteiger partial charge in [0.25, 0.3) is 0 Å². The first-order valence-electron chi connectivity index (χ1n) is 7.75. The van der Waals surface area contributed by atoms with Gasteiger partial charge in [0.1, 0.15) is 0 Å². The zero-order chi connectivity index (χ0) is 12.1. The van der Waals surface area contributed by atoms with Crippen molar-refractivity contribution < 1.29 is 0 Å². The van der Waals surface area contributed by atoms with Crippen molar-refractivity contribution in [2.24, 2.45) is 23.2 Å². The van der Waals surface area contributed by atoms with Crippen molar-refractivity contribution in [1.82, 2.24) is 5.32 Å². The number of nitrogens with one attached hydrogen (secondary N) is 1. The van der Waals surface area contributed by atoms with Crippen LogP contribution >= 0.6 is 0 Å². The van der Waals surface area contributed by atoms with Crippen LogP contribution in [0.2, 0.25) is 0 Å². The first kappa shape index (κ1) is 12.0. The van der Waals surface area contributed by atoms with E-state index in [0.29, 0.717) is 11.0 Å². The van der Waals surface area contributed by atoms with Gasteiger partial charge in [0.15, 0.2) is 0 Å². The number of hydrogen-bond acceptors (Lipinski definition) is 1. The second kappa shape index (κ2) is 3.98. The van der Waals surface area contributed by atoms with Crippen molar-refractivity contribution in [3.05, 3.63) is 0 Å². The van der Waals surface area contributed by atoms with E-state index in [1.165, 1.54) is 32.2 Å². The van der Waals surface area contributed by atoms with Crippen LogP contribution < -0.4 is 5.32 Å². The van der Waals surface area contributed by atoms with Crippen molar-refractivity contribution in [3.63, 3.8) is 0 Å². The smallest absolute Gasteiger partial charge is 0.0122 e. The fraction of sp³-hybridized carbons (Fsp3) is 1.00. The van der Waals surface area contributed by atoms with Gasteiger partial charge in [0, 0.05) is 12.1 Å². The molecule has 4 aliphatic rings. The van der Waals surface area contributed by atoms with E-state index in [1.54, 1.807) is 19.3 Å². The summed E-state index contributed by atoms with van der Waals surface area (Å²) in [6.07, 6.45) is 10.5. The largest absolute Gasteiger partial charge is 0.311 e. The topological polar surface area (TPSA) is 12.0 Å². The third-order valence-corrected chi connectivity index (χ3v) is 5.99. The monoisotopic (exact) mass is 235 g/mol. The zero-order valence-corrected chi connectivity index (χ0v) is 11.9. The molecule has 0 aliphatic heterocycles. The van der Waals surface area contributed by atoms with Crippen LogP contribution in [-0.2, 0) is 0 Å². The summed E-state index contributed by atoms with van der Waals surface area (Å²) in [5.41, 5.74) is 1.03. The SMILES string of the molecule is CCC(C)(C)NCC12CC3CC(CC(C3)C1)C2. The molecule has 4 bridgehead atoms. The Morgan fingerprint density at radius 3 is 1.88 bits per heavy atom. The van der Waals surface area contributed by atoms with E-state index in [1.807, 2.05) is 0 Å². The average Bonchev–Trinajstić information content (AvgIpc) is 2.25. The lowest BCUT2D eigenvalue weighted by molar-refractivity contribution is -0.0542. The number of hydrogen-bond donors (Lipinski definition) is 1. The highest BCUT2D eigenvalue weighted by Gasteiger charge is 2.50. The van der Waals surface area contributed by atoms with Gasteiger partial charge in [-0.3, -0.25) is 0 Å². The number of rotatable bonds is 4. The second-order valence-corrected chi connectivity index (χ2v) is 8.01. The van der Waals surface area contributed by atoms with E-state index in [0.717, 1.165) is 17.8 Å². The van der Waals surface area contributed by atoms with Crippen LogP contribution in [-0.4, -0.2) is 12.1 Å². The maximum Gasteiger partial charge on any atom is 0.0122 e. The molecule has 0 aromatic carbocycles. The average molecular weight is 235 g/mol. The molecule has 0 aromatic rings. The molecule has 0 radical (unpaired) electrons. The van der Waals surface area contributed by atoms with Gasteiger partial charge in [-0.2, -0.15) is 0 Å². The summed E-state index contributed by atoms with van der Waals surface area (Å²) in [4.78, 5) is 0. The van der Waals surface area contributed by atoms with Crippen molar-refractivity contribution in [3.8, 4) is 0 Å². The maximum atomic E-state index is 3.87. The van der Waals surface area contributed by atoms with E-state index in [-0.39, 0.29) is 0 Å². The van der Waals surface area contributed by atoms with E-state index < -0.39 is 0 Å². The van der Waals surface area contributed by atoms with Gasteiger partial charge in [0.05, 0.1) is 0 Å². The molecule has 4 saturated carbocycles. The van der Waals surface area contributed by atoms with Gasteiger partial charge < -0.3 is 5.32 Å². The summed E-state index contributed by atoms with van der Waals surface area (Å²) >= 11 is 0. The fourth-order valence-electron chi connectivity index (χ4n) is 5.06. The van der Waals surface area contributed by atoms with Gasteiger partial charge in [0.2, 0.25) is 0 Å².